The molecule has 0 aliphatic heterocycles. The van der Waals surface area contributed by atoms with Crippen LogP contribution in [0.1, 0.15) is 23.2 Å². The van der Waals surface area contributed by atoms with Crippen LogP contribution in [0, 0.1) is 0 Å². The molecule has 4 nitrogen and oxygen atoms in total. The van der Waals surface area contributed by atoms with Gasteiger partial charge in [0.15, 0.2) is 0 Å². The Hall–Kier alpha value is -2.21. The molecule has 128 valence electrons. The third-order valence-corrected chi connectivity index (χ3v) is 6.29. The summed E-state index contributed by atoms with van der Waals surface area (Å²) in [6, 6.07) is 20.5. The summed E-state index contributed by atoms with van der Waals surface area (Å²) in [5, 5.41) is 2.30. The lowest BCUT2D eigenvalue weighted by Gasteiger charge is -2.28. The van der Waals surface area contributed by atoms with Gasteiger partial charge in [-0.3, -0.25) is 0 Å². The molecule has 4 rings (SSSR count). The third kappa shape index (κ3) is 2.65. The quantitative estimate of drug-likeness (QED) is 0.782. The SMILES string of the molecule is CN(C)[C@H]1c2cccc3cccc(c23)[C@H]1NS(=O)(=O)c1ccccc1. The fourth-order valence-corrected chi connectivity index (χ4v) is 5.04. The van der Waals surface area contributed by atoms with Crippen LogP contribution in [0.3, 0.4) is 0 Å². The normalized spacial score (nSPS) is 19.6. The summed E-state index contributed by atoms with van der Waals surface area (Å²) in [6.07, 6.45) is 0. The smallest absolute Gasteiger partial charge is 0.241 e. The molecule has 1 aliphatic rings. The van der Waals surface area contributed by atoms with Crippen molar-refractivity contribution in [3.05, 3.63) is 77.9 Å². The van der Waals surface area contributed by atoms with E-state index in [2.05, 4.69) is 27.8 Å². The lowest BCUT2D eigenvalue weighted by atomic mass is 10.0. The molecular formula is C20H20N2O2S. The van der Waals surface area contributed by atoms with Crippen LogP contribution in [0.5, 0.6) is 0 Å². The second-order valence-electron chi connectivity index (χ2n) is 6.61. The first kappa shape index (κ1) is 16.3. The Morgan fingerprint density at radius 2 is 1.48 bits per heavy atom. The Bertz CT molecular complexity index is 1020. The van der Waals surface area contributed by atoms with Gasteiger partial charge in [0, 0.05) is 0 Å². The van der Waals surface area contributed by atoms with Crippen molar-refractivity contribution in [2.24, 2.45) is 0 Å². The molecule has 1 N–H and O–H groups in total. The maximum Gasteiger partial charge on any atom is 0.241 e. The molecule has 2 atom stereocenters. The highest BCUT2D eigenvalue weighted by atomic mass is 32.2. The van der Waals surface area contributed by atoms with Gasteiger partial charge < -0.3 is 4.90 Å². The first-order chi connectivity index (χ1) is 12.0. The standard InChI is InChI=1S/C20H20N2O2S/c1-22(2)20-17-13-7-9-14-8-6-12-16(18(14)17)19(20)21-25(23,24)15-10-4-3-5-11-15/h3-13,19-21H,1-2H3/t19-,20+/m1/s1. The lowest BCUT2D eigenvalue weighted by Crippen LogP contribution is -2.35. The summed E-state index contributed by atoms with van der Waals surface area (Å²) in [7, 11) is 0.369. The van der Waals surface area contributed by atoms with Crippen molar-refractivity contribution < 1.29 is 8.42 Å². The minimum atomic E-state index is -3.60. The Balaban J connectivity index is 1.84. The number of hydrogen-bond acceptors (Lipinski definition) is 3. The van der Waals surface area contributed by atoms with Crippen molar-refractivity contribution in [2.45, 2.75) is 17.0 Å². The highest BCUT2D eigenvalue weighted by Gasteiger charge is 2.38. The monoisotopic (exact) mass is 352 g/mol. The van der Waals surface area contributed by atoms with E-state index in [1.165, 1.54) is 5.56 Å². The number of nitrogens with zero attached hydrogens (tertiary/aromatic N) is 1. The average molecular weight is 352 g/mol. The summed E-state index contributed by atoms with van der Waals surface area (Å²) in [5.74, 6) is 0. The fourth-order valence-electron chi connectivity index (χ4n) is 3.79. The number of rotatable bonds is 4. The van der Waals surface area contributed by atoms with Crippen LogP contribution in [-0.4, -0.2) is 27.4 Å². The van der Waals surface area contributed by atoms with E-state index in [1.807, 2.05) is 38.4 Å². The molecular weight excluding hydrogens is 332 g/mol. The van der Waals surface area contributed by atoms with Gasteiger partial charge in [-0.2, -0.15) is 0 Å². The maximum atomic E-state index is 12.9. The molecule has 0 spiro atoms. The van der Waals surface area contributed by atoms with Crippen LogP contribution in [0.25, 0.3) is 10.8 Å². The van der Waals surface area contributed by atoms with Gasteiger partial charge in [0.2, 0.25) is 10.0 Å². The zero-order valence-corrected chi connectivity index (χ0v) is 15.0. The summed E-state index contributed by atoms with van der Waals surface area (Å²) in [5.41, 5.74) is 2.20. The van der Waals surface area contributed by atoms with E-state index in [0.29, 0.717) is 0 Å². The topological polar surface area (TPSA) is 49.4 Å². The van der Waals surface area contributed by atoms with E-state index in [0.717, 1.165) is 16.3 Å². The van der Waals surface area contributed by atoms with Crippen molar-refractivity contribution in [3.8, 4) is 0 Å². The summed E-state index contributed by atoms with van der Waals surface area (Å²) >= 11 is 0. The number of nitrogens with one attached hydrogen (secondary N) is 1. The largest absolute Gasteiger partial charge is 0.301 e. The van der Waals surface area contributed by atoms with E-state index in [1.54, 1.807) is 24.3 Å². The van der Waals surface area contributed by atoms with Gasteiger partial charge in [-0.25, -0.2) is 13.1 Å². The second-order valence-corrected chi connectivity index (χ2v) is 8.33. The molecule has 0 heterocycles. The van der Waals surface area contributed by atoms with Crippen LogP contribution in [0.4, 0.5) is 0 Å². The number of sulfonamides is 1. The van der Waals surface area contributed by atoms with Gasteiger partial charge in [0.1, 0.15) is 0 Å². The zero-order valence-electron chi connectivity index (χ0n) is 14.2. The second kappa shape index (κ2) is 5.95. The van der Waals surface area contributed by atoms with E-state index in [-0.39, 0.29) is 17.0 Å². The fraction of sp³-hybridized carbons (Fsp3) is 0.200. The van der Waals surface area contributed by atoms with Crippen LogP contribution in [-0.2, 0) is 10.0 Å². The van der Waals surface area contributed by atoms with Crippen molar-refractivity contribution in [3.63, 3.8) is 0 Å². The molecule has 0 radical (unpaired) electrons. The molecule has 25 heavy (non-hydrogen) atoms. The zero-order chi connectivity index (χ0) is 17.6. The first-order valence-corrected chi connectivity index (χ1v) is 9.73. The molecule has 5 heteroatoms. The van der Waals surface area contributed by atoms with Crippen molar-refractivity contribution in [2.75, 3.05) is 14.1 Å². The van der Waals surface area contributed by atoms with Crippen LogP contribution < -0.4 is 4.72 Å². The molecule has 0 fully saturated rings. The Morgan fingerprint density at radius 1 is 0.840 bits per heavy atom. The molecule has 0 aromatic heterocycles. The molecule has 0 unspecified atom stereocenters. The molecule has 3 aromatic rings. The number of likely N-dealkylation sites (N-methyl/N-ethyl adjacent to an activating group) is 1. The van der Waals surface area contributed by atoms with E-state index in [4.69, 9.17) is 0 Å². The molecule has 1 aliphatic carbocycles. The third-order valence-electron chi connectivity index (χ3n) is 4.83. The van der Waals surface area contributed by atoms with Crippen molar-refractivity contribution in [1.29, 1.82) is 0 Å². The van der Waals surface area contributed by atoms with Gasteiger partial charge in [-0.1, -0.05) is 54.6 Å². The molecule has 0 bridgehead atoms. The molecule has 3 aromatic carbocycles. The van der Waals surface area contributed by atoms with Crippen LogP contribution in [0.15, 0.2) is 71.6 Å². The molecule has 0 saturated heterocycles. The minimum Gasteiger partial charge on any atom is -0.301 e. The summed E-state index contributed by atoms with van der Waals surface area (Å²) in [4.78, 5) is 2.36. The number of benzene rings is 3. The van der Waals surface area contributed by atoms with Gasteiger partial charge in [-0.15, -0.1) is 0 Å². The molecule has 0 saturated carbocycles. The highest BCUT2D eigenvalue weighted by molar-refractivity contribution is 7.89. The number of hydrogen-bond donors (Lipinski definition) is 1. The summed E-state index contributed by atoms with van der Waals surface area (Å²) < 4.78 is 28.7. The van der Waals surface area contributed by atoms with Gasteiger partial charge in [0.25, 0.3) is 0 Å². The van der Waals surface area contributed by atoms with E-state index < -0.39 is 10.0 Å². The average Bonchev–Trinajstić information content (AvgIpc) is 2.91. The van der Waals surface area contributed by atoms with Gasteiger partial charge in [0.05, 0.1) is 17.0 Å². The minimum absolute atomic E-state index is 0.0420. The van der Waals surface area contributed by atoms with Crippen LogP contribution >= 0.6 is 0 Å². The Labute approximate surface area is 148 Å². The first-order valence-electron chi connectivity index (χ1n) is 8.24. The van der Waals surface area contributed by atoms with Crippen molar-refractivity contribution in [1.82, 2.24) is 9.62 Å². The predicted molar refractivity (Wildman–Crippen MR) is 99.9 cm³/mol. The van der Waals surface area contributed by atoms with Gasteiger partial charge in [-0.05, 0) is 48.1 Å². The van der Waals surface area contributed by atoms with Crippen molar-refractivity contribution >= 4 is 20.8 Å². The highest BCUT2D eigenvalue weighted by Crippen LogP contribution is 2.46. The lowest BCUT2D eigenvalue weighted by molar-refractivity contribution is 0.258. The molecule has 0 amide bonds. The Kier molecular flexibility index (Phi) is 3.87. The summed E-state index contributed by atoms with van der Waals surface area (Å²) in [6.45, 7) is 0. The van der Waals surface area contributed by atoms with E-state index >= 15 is 0 Å². The maximum absolute atomic E-state index is 12.9. The van der Waals surface area contributed by atoms with E-state index in [9.17, 15) is 8.42 Å². The Morgan fingerprint density at radius 3 is 2.12 bits per heavy atom. The predicted octanol–water partition coefficient (Wildman–Crippen LogP) is 3.48. The van der Waals surface area contributed by atoms with Gasteiger partial charge >= 0.3 is 0 Å². The van der Waals surface area contributed by atoms with Crippen LogP contribution in [0.2, 0.25) is 0 Å².